The van der Waals surface area contributed by atoms with Crippen molar-refractivity contribution in [2.24, 2.45) is 0 Å². The lowest BCUT2D eigenvalue weighted by Gasteiger charge is -2.06. The van der Waals surface area contributed by atoms with Crippen molar-refractivity contribution in [2.75, 3.05) is 0 Å². The number of aryl methyl sites for hydroxylation is 2. The molecule has 0 radical (unpaired) electrons. The van der Waals surface area contributed by atoms with E-state index in [9.17, 15) is 4.39 Å². The van der Waals surface area contributed by atoms with Gasteiger partial charge in [-0.3, -0.25) is 0 Å². The molecule has 0 saturated heterocycles. The summed E-state index contributed by atoms with van der Waals surface area (Å²) in [6.07, 6.45) is 1.84. The first-order valence-electron chi connectivity index (χ1n) is 5.84. The molecule has 2 heterocycles. The molecule has 0 fully saturated rings. The highest BCUT2D eigenvalue weighted by Gasteiger charge is 2.13. The van der Waals surface area contributed by atoms with Crippen LogP contribution in [0.3, 0.4) is 0 Å². The molecule has 0 bridgehead atoms. The van der Waals surface area contributed by atoms with Gasteiger partial charge in [0.15, 0.2) is 5.82 Å². The smallest absolute Gasteiger partial charge is 0.213 e. The fourth-order valence-corrected chi connectivity index (χ4v) is 2.57. The minimum atomic E-state index is -0.334. The van der Waals surface area contributed by atoms with Crippen LogP contribution in [-0.2, 0) is 18.8 Å². The van der Waals surface area contributed by atoms with Gasteiger partial charge in [0.2, 0.25) is 6.39 Å². The van der Waals surface area contributed by atoms with Crippen LogP contribution in [-0.4, -0.2) is 19.7 Å². The Kier molecular flexibility index (Phi) is 3.71. The molecule has 0 aliphatic carbocycles. The third-order valence-corrected chi connectivity index (χ3v) is 3.80. The van der Waals surface area contributed by atoms with E-state index in [1.54, 1.807) is 6.07 Å². The zero-order valence-corrected chi connectivity index (χ0v) is 12.5. The summed E-state index contributed by atoms with van der Waals surface area (Å²) in [5.74, 6) is 1.19. The molecule has 8 heteroatoms. The lowest BCUT2D eigenvalue weighted by molar-refractivity contribution is 0.408. The Labute approximate surface area is 126 Å². The van der Waals surface area contributed by atoms with E-state index in [0.29, 0.717) is 40.1 Å². The first-order chi connectivity index (χ1) is 9.69. The molecule has 5 nitrogen and oxygen atoms in total. The van der Waals surface area contributed by atoms with Crippen LogP contribution in [0.5, 0.6) is 0 Å². The Morgan fingerprint density at radius 3 is 2.95 bits per heavy atom. The van der Waals surface area contributed by atoms with E-state index < -0.39 is 0 Å². The molecule has 2 aromatic heterocycles. The van der Waals surface area contributed by atoms with Crippen molar-refractivity contribution >= 4 is 38.6 Å². The summed E-state index contributed by atoms with van der Waals surface area (Å²) in [5, 5.41) is 3.75. The number of hydrogen-bond acceptors (Lipinski definition) is 4. The molecule has 0 aliphatic rings. The molecule has 0 aliphatic heterocycles. The highest BCUT2D eigenvalue weighted by atomic mass is 79.9. The van der Waals surface area contributed by atoms with Crippen LogP contribution in [0, 0.1) is 5.82 Å². The van der Waals surface area contributed by atoms with Crippen molar-refractivity contribution in [3.05, 3.63) is 40.5 Å². The third-order valence-electron chi connectivity index (χ3n) is 2.95. The van der Waals surface area contributed by atoms with E-state index >= 15 is 0 Å². The fraction of sp³-hybridized carbons (Fsp3) is 0.250. The number of hydrogen-bond donors (Lipinski definition) is 0. The van der Waals surface area contributed by atoms with Crippen LogP contribution in [0.4, 0.5) is 4.39 Å². The Bertz CT molecular complexity index is 744. The van der Waals surface area contributed by atoms with Crippen molar-refractivity contribution < 1.29 is 8.91 Å². The maximum Gasteiger partial charge on any atom is 0.213 e. The Balaban J connectivity index is 2.01. The molecule has 0 spiro atoms. The van der Waals surface area contributed by atoms with E-state index in [4.69, 9.17) is 11.6 Å². The van der Waals surface area contributed by atoms with Crippen LogP contribution in [0.1, 0.15) is 11.6 Å². The Morgan fingerprint density at radius 2 is 2.25 bits per heavy atom. The minimum Gasteiger partial charge on any atom is -0.343 e. The van der Waals surface area contributed by atoms with Gasteiger partial charge in [-0.05, 0) is 22.0 Å². The second kappa shape index (κ2) is 5.49. The van der Waals surface area contributed by atoms with Crippen LogP contribution in [0.25, 0.3) is 11.0 Å². The monoisotopic (exact) mass is 358 g/mol. The maximum absolute atomic E-state index is 13.7. The van der Waals surface area contributed by atoms with Crippen molar-refractivity contribution in [3.63, 3.8) is 0 Å². The highest BCUT2D eigenvalue weighted by molar-refractivity contribution is 9.10. The van der Waals surface area contributed by atoms with Gasteiger partial charge in [0, 0.05) is 19.0 Å². The average Bonchev–Trinajstić information content (AvgIpc) is 3.05. The molecule has 1 aromatic carbocycles. The molecule has 3 aromatic rings. The maximum atomic E-state index is 13.7. The van der Waals surface area contributed by atoms with Crippen molar-refractivity contribution in [2.45, 2.75) is 18.8 Å². The minimum absolute atomic E-state index is 0.250. The van der Waals surface area contributed by atoms with Crippen LogP contribution < -0.4 is 0 Å². The Hall–Kier alpha value is -1.47. The molecule has 0 atom stereocenters. The van der Waals surface area contributed by atoms with E-state index in [1.165, 1.54) is 12.5 Å². The second-order valence-corrected chi connectivity index (χ2v) is 5.29. The predicted octanol–water partition coefficient (Wildman–Crippen LogP) is 3.30. The summed E-state index contributed by atoms with van der Waals surface area (Å²) in [6, 6.07) is 3.09. The predicted molar refractivity (Wildman–Crippen MR) is 75.0 cm³/mol. The van der Waals surface area contributed by atoms with Crippen molar-refractivity contribution in [1.82, 2.24) is 19.7 Å². The number of fused-ring (bicyclic) bond motifs is 1. The zero-order valence-electron chi connectivity index (χ0n) is 10.2. The molecule has 3 rings (SSSR count). The van der Waals surface area contributed by atoms with Gasteiger partial charge in [-0.1, -0.05) is 5.16 Å². The SMILES string of the molecule is Fc1cc2c(cc1Br)nc(CCl)n2CCc1ncon1. The molecular formula is C12H9BrClFN4O. The standard InChI is InChI=1S/C12H9BrClFN4O/c13-7-3-9-10(4-8(7)15)19(12(5-14)17-9)2-1-11-16-6-20-18-11/h3-4,6H,1-2,5H2. The van der Waals surface area contributed by atoms with Crippen LogP contribution in [0.2, 0.25) is 0 Å². The van der Waals surface area contributed by atoms with Crippen molar-refractivity contribution in [3.8, 4) is 0 Å². The second-order valence-electron chi connectivity index (χ2n) is 4.17. The number of benzene rings is 1. The zero-order chi connectivity index (χ0) is 14.1. The van der Waals surface area contributed by atoms with Gasteiger partial charge in [0.1, 0.15) is 11.6 Å². The quantitative estimate of drug-likeness (QED) is 0.671. The summed E-state index contributed by atoms with van der Waals surface area (Å²) in [4.78, 5) is 8.36. The van der Waals surface area contributed by atoms with Gasteiger partial charge in [-0.15, -0.1) is 11.6 Å². The van der Waals surface area contributed by atoms with E-state index in [-0.39, 0.29) is 11.7 Å². The summed E-state index contributed by atoms with van der Waals surface area (Å²) in [6.45, 7) is 0.555. The summed E-state index contributed by atoms with van der Waals surface area (Å²) >= 11 is 9.06. The van der Waals surface area contributed by atoms with E-state index in [2.05, 4.69) is 35.6 Å². The molecule has 0 unspecified atom stereocenters. The van der Waals surface area contributed by atoms with Crippen molar-refractivity contribution in [1.29, 1.82) is 0 Å². The molecule has 0 N–H and O–H groups in total. The Morgan fingerprint density at radius 1 is 1.40 bits per heavy atom. The molecule has 104 valence electrons. The lowest BCUT2D eigenvalue weighted by Crippen LogP contribution is -2.06. The van der Waals surface area contributed by atoms with E-state index in [0.717, 1.165) is 0 Å². The fourth-order valence-electron chi connectivity index (χ4n) is 2.04. The van der Waals surface area contributed by atoms with Gasteiger partial charge in [0.25, 0.3) is 0 Å². The number of alkyl halides is 1. The lowest BCUT2D eigenvalue weighted by atomic mass is 10.3. The number of aromatic nitrogens is 4. The molecule has 20 heavy (non-hydrogen) atoms. The summed E-state index contributed by atoms with van der Waals surface area (Å²) in [5.41, 5.74) is 1.40. The summed E-state index contributed by atoms with van der Waals surface area (Å²) in [7, 11) is 0. The normalized spacial score (nSPS) is 11.3. The summed E-state index contributed by atoms with van der Waals surface area (Å²) < 4.78 is 20.6. The molecule has 0 amide bonds. The first-order valence-corrected chi connectivity index (χ1v) is 7.17. The highest BCUT2D eigenvalue weighted by Crippen LogP contribution is 2.25. The number of halogens is 3. The number of imidazole rings is 1. The average molecular weight is 360 g/mol. The van der Waals surface area contributed by atoms with Gasteiger partial charge in [0.05, 0.1) is 21.4 Å². The van der Waals surface area contributed by atoms with Gasteiger partial charge < -0.3 is 9.09 Å². The van der Waals surface area contributed by atoms with E-state index in [1.807, 2.05) is 4.57 Å². The van der Waals surface area contributed by atoms with Crippen LogP contribution >= 0.6 is 27.5 Å². The topological polar surface area (TPSA) is 56.7 Å². The largest absolute Gasteiger partial charge is 0.343 e. The molecule has 0 saturated carbocycles. The van der Waals surface area contributed by atoms with Gasteiger partial charge in [-0.25, -0.2) is 9.37 Å². The third kappa shape index (κ3) is 2.43. The molecular weight excluding hydrogens is 351 g/mol. The van der Waals surface area contributed by atoms with Gasteiger partial charge >= 0.3 is 0 Å². The first kappa shape index (κ1) is 13.5. The van der Waals surface area contributed by atoms with Gasteiger partial charge in [-0.2, -0.15) is 4.98 Å². The number of nitrogens with zero attached hydrogens (tertiary/aromatic N) is 4. The number of rotatable bonds is 4. The van der Waals surface area contributed by atoms with Crippen LogP contribution in [0.15, 0.2) is 27.5 Å².